The number of pyridine rings is 1. The third-order valence-electron chi connectivity index (χ3n) is 2.95. The first-order chi connectivity index (χ1) is 8.66. The predicted molar refractivity (Wildman–Crippen MR) is 72.5 cm³/mol. The van der Waals surface area contributed by atoms with Crippen molar-refractivity contribution in [2.24, 2.45) is 0 Å². The summed E-state index contributed by atoms with van der Waals surface area (Å²) in [6.07, 6.45) is 1.99. The first-order valence-corrected chi connectivity index (χ1v) is 5.93. The Morgan fingerprint density at radius 3 is 2.72 bits per heavy atom. The first-order valence-electron chi connectivity index (χ1n) is 5.93. The van der Waals surface area contributed by atoms with Gasteiger partial charge in [0.25, 0.3) is 0 Å². The van der Waals surface area contributed by atoms with Gasteiger partial charge < -0.3 is 5.32 Å². The van der Waals surface area contributed by atoms with E-state index in [0.29, 0.717) is 6.42 Å². The molecule has 0 aliphatic carbocycles. The fourth-order valence-corrected chi connectivity index (χ4v) is 1.75. The fraction of sp³-hybridized carbons (Fsp3) is 0.200. The molecule has 0 bridgehead atoms. The van der Waals surface area contributed by atoms with Crippen LogP contribution in [-0.4, -0.2) is 10.9 Å². The van der Waals surface area contributed by atoms with Crippen molar-refractivity contribution in [3.63, 3.8) is 0 Å². The van der Waals surface area contributed by atoms with Crippen LogP contribution < -0.4 is 5.32 Å². The number of nitrogens with one attached hydrogen (secondary N) is 1. The number of aryl methyl sites for hydroxylation is 1. The molecule has 3 nitrogen and oxygen atoms in total. The summed E-state index contributed by atoms with van der Waals surface area (Å²) in [6, 6.07) is 11.5. The standard InChI is InChI=1S/C15H16N2O/c1-11-6-5-8-14(12(11)2)17-15(18)10-13-7-3-4-9-16-13/h3-9H,10H2,1-2H3,(H,17,18). The monoisotopic (exact) mass is 240 g/mol. The van der Waals surface area contributed by atoms with Gasteiger partial charge in [0.05, 0.1) is 6.42 Å². The van der Waals surface area contributed by atoms with E-state index in [1.54, 1.807) is 6.20 Å². The molecule has 1 aromatic carbocycles. The number of carbonyl (C=O) groups is 1. The maximum atomic E-state index is 11.9. The van der Waals surface area contributed by atoms with Gasteiger partial charge in [-0.25, -0.2) is 0 Å². The zero-order chi connectivity index (χ0) is 13.0. The minimum absolute atomic E-state index is 0.0394. The maximum Gasteiger partial charge on any atom is 0.230 e. The number of carbonyl (C=O) groups excluding carboxylic acids is 1. The Balaban J connectivity index is 2.06. The van der Waals surface area contributed by atoms with Crippen LogP contribution in [0.3, 0.4) is 0 Å². The second-order valence-electron chi connectivity index (χ2n) is 4.29. The van der Waals surface area contributed by atoms with Crippen LogP contribution in [0.4, 0.5) is 5.69 Å². The lowest BCUT2D eigenvalue weighted by Gasteiger charge is -2.10. The van der Waals surface area contributed by atoms with Crippen LogP contribution in [0.2, 0.25) is 0 Å². The van der Waals surface area contributed by atoms with Crippen molar-refractivity contribution < 1.29 is 4.79 Å². The van der Waals surface area contributed by atoms with Crippen molar-refractivity contribution >= 4 is 11.6 Å². The van der Waals surface area contributed by atoms with Gasteiger partial charge in [-0.2, -0.15) is 0 Å². The van der Waals surface area contributed by atoms with E-state index in [9.17, 15) is 4.79 Å². The number of aromatic nitrogens is 1. The van der Waals surface area contributed by atoms with Crippen molar-refractivity contribution in [1.29, 1.82) is 0 Å². The molecule has 1 amide bonds. The van der Waals surface area contributed by atoms with Crippen LogP contribution in [0, 0.1) is 13.8 Å². The molecule has 0 unspecified atom stereocenters. The van der Waals surface area contributed by atoms with E-state index in [2.05, 4.69) is 10.3 Å². The van der Waals surface area contributed by atoms with Crippen LogP contribution >= 0.6 is 0 Å². The molecular weight excluding hydrogens is 224 g/mol. The summed E-state index contributed by atoms with van der Waals surface area (Å²) in [4.78, 5) is 16.0. The van der Waals surface area contributed by atoms with Gasteiger partial charge in [0, 0.05) is 17.6 Å². The van der Waals surface area contributed by atoms with Crippen molar-refractivity contribution in [1.82, 2.24) is 4.98 Å². The van der Waals surface area contributed by atoms with Crippen LogP contribution in [0.25, 0.3) is 0 Å². The van der Waals surface area contributed by atoms with E-state index < -0.39 is 0 Å². The van der Waals surface area contributed by atoms with E-state index in [0.717, 1.165) is 16.9 Å². The van der Waals surface area contributed by atoms with Crippen LogP contribution in [-0.2, 0) is 11.2 Å². The van der Waals surface area contributed by atoms with Gasteiger partial charge in [-0.05, 0) is 43.2 Å². The highest BCUT2D eigenvalue weighted by Gasteiger charge is 2.07. The van der Waals surface area contributed by atoms with E-state index in [1.807, 2.05) is 50.2 Å². The van der Waals surface area contributed by atoms with Crippen LogP contribution in [0.15, 0.2) is 42.6 Å². The summed E-state index contributed by atoms with van der Waals surface area (Å²) < 4.78 is 0. The van der Waals surface area contributed by atoms with Gasteiger partial charge in [-0.1, -0.05) is 18.2 Å². The minimum atomic E-state index is -0.0394. The molecule has 0 spiro atoms. The molecule has 18 heavy (non-hydrogen) atoms. The number of nitrogens with zero attached hydrogens (tertiary/aromatic N) is 1. The van der Waals surface area contributed by atoms with E-state index >= 15 is 0 Å². The molecule has 3 heteroatoms. The SMILES string of the molecule is Cc1cccc(NC(=O)Cc2ccccn2)c1C. The van der Waals surface area contributed by atoms with Crippen LogP contribution in [0.5, 0.6) is 0 Å². The Morgan fingerprint density at radius 2 is 2.00 bits per heavy atom. The molecule has 0 radical (unpaired) electrons. The third-order valence-corrected chi connectivity index (χ3v) is 2.95. The first kappa shape index (κ1) is 12.3. The molecule has 1 N–H and O–H groups in total. The Kier molecular flexibility index (Phi) is 3.72. The van der Waals surface area contributed by atoms with Crippen molar-refractivity contribution in [3.8, 4) is 0 Å². The average molecular weight is 240 g/mol. The summed E-state index contributed by atoms with van der Waals surface area (Å²) in [6.45, 7) is 4.04. The highest BCUT2D eigenvalue weighted by molar-refractivity contribution is 5.92. The Morgan fingerprint density at radius 1 is 1.17 bits per heavy atom. The van der Waals surface area contributed by atoms with Gasteiger partial charge >= 0.3 is 0 Å². The number of amides is 1. The topological polar surface area (TPSA) is 42.0 Å². The van der Waals surface area contributed by atoms with Gasteiger partial charge in [0.1, 0.15) is 0 Å². The lowest BCUT2D eigenvalue weighted by atomic mass is 10.1. The number of anilines is 1. The summed E-state index contributed by atoms with van der Waals surface area (Å²) in [7, 11) is 0. The highest BCUT2D eigenvalue weighted by atomic mass is 16.1. The average Bonchev–Trinajstić information content (AvgIpc) is 2.36. The normalized spacial score (nSPS) is 10.1. The molecule has 2 rings (SSSR count). The predicted octanol–water partition coefficient (Wildman–Crippen LogP) is 2.88. The van der Waals surface area contributed by atoms with Crippen LogP contribution in [0.1, 0.15) is 16.8 Å². The van der Waals surface area contributed by atoms with Gasteiger partial charge in [0.15, 0.2) is 0 Å². The lowest BCUT2D eigenvalue weighted by molar-refractivity contribution is -0.115. The molecule has 2 aromatic rings. The van der Waals surface area contributed by atoms with Crippen molar-refractivity contribution in [2.75, 3.05) is 5.32 Å². The van der Waals surface area contributed by atoms with Crippen molar-refractivity contribution in [2.45, 2.75) is 20.3 Å². The quantitative estimate of drug-likeness (QED) is 0.896. The molecule has 0 saturated heterocycles. The number of hydrogen-bond acceptors (Lipinski definition) is 2. The zero-order valence-corrected chi connectivity index (χ0v) is 10.6. The lowest BCUT2D eigenvalue weighted by Crippen LogP contribution is -2.16. The van der Waals surface area contributed by atoms with Crippen molar-refractivity contribution in [3.05, 3.63) is 59.4 Å². The molecule has 92 valence electrons. The number of hydrogen-bond donors (Lipinski definition) is 1. The second-order valence-corrected chi connectivity index (χ2v) is 4.29. The molecule has 0 atom stereocenters. The third kappa shape index (κ3) is 2.94. The smallest absolute Gasteiger partial charge is 0.230 e. The number of rotatable bonds is 3. The Hall–Kier alpha value is -2.16. The van der Waals surface area contributed by atoms with Gasteiger partial charge in [-0.3, -0.25) is 9.78 Å². The molecular formula is C15H16N2O. The van der Waals surface area contributed by atoms with Gasteiger partial charge in [0.2, 0.25) is 5.91 Å². The van der Waals surface area contributed by atoms with Gasteiger partial charge in [-0.15, -0.1) is 0 Å². The Bertz CT molecular complexity index is 550. The highest BCUT2D eigenvalue weighted by Crippen LogP contribution is 2.18. The van der Waals surface area contributed by atoms with E-state index in [1.165, 1.54) is 5.56 Å². The summed E-state index contributed by atoms with van der Waals surface area (Å²) in [5.74, 6) is -0.0394. The Labute approximate surface area is 107 Å². The molecule has 1 aromatic heterocycles. The molecule has 1 heterocycles. The molecule has 0 aliphatic heterocycles. The number of benzene rings is 1. The summed E-state index contributed by atoms with van der Waals surface area (Å²) in [5, 5.41) is 2.92. The fourth-order valence-electron chi connectivity index (χ4n) is 1.75. The summed E-state index contributed by atoms with van der Waals surface area (Å²) >= 11 is 0. The maximum absolute atomic E-state index is 11.9. The molecule has 0 aliphatic rings. The molecule has 0 saturated carbocycles. The van der Waals surface area contributed by atoms with E-state index in [4.69, 9.17) is 0 Å². The minimum Gasteiger partial charge on any atom is -0.326 e. The summed E-state index contributed by atoms with van der Waals surface area (Å²) in [5.41, 5.74) is 3.92. The molecule has 0 fully saturated rings. The second kappa shape index (κ2) is 5.45. The largest absolute Gasteiger partial charge is 0.326 e. The zero-order valence-electron chi connectivity index (χ0n) is 10.6. The van der Waals surface area contributed by atoms with E-state index in [-0.39, 0.29) is 5.91 Å².